The highest BCUT2D eigenvalue weighted by Crippen LogP contribution is 2.36. The maximum absolute atomic E-state index is 12.1. The van der Waals surface area contributed by atoms with Gasteiger partial charge in [-0.15, -0.1) is 0 Å². The molecule has 4 N–H and O–H groups in total. The van der Waals surface area contributed by atoms with Crippen LogP contribution in [0, 0.1) is 0 Å². The first kappa shape index (κ1) is 21.0. The Morgan fingerprint density at radius 1 is 1.17 bits per heavy atom. The molecule has 1 heterocycles. The Bertz CT molecular complexity index is 957. The van der Waals surface area contributed by atoms with E-state index < -0.39 is 12.0 Å². The lowest BCUT2D eigenvalue weighted by atomic mass is 9.95. The molecule has 1 aliphatic rings. The van der Waals surface area contributed by atoms with Crippen molar-refractivity contribution in [3.05, 3.63) is 53.1 Å². The lowest BCUT2D eigenvalue weighted by Gasteiger charge is -2.14. The van der Waals surface area contributed by atoms with Gasteiger partial charge in [0.25, 0.3) is 0 Å². The Morgan fingerprint density at radius 2 is 1.87 bits per heavy atom. The third kappa shape index (κ3) is 4.99. The number of carbonyl (C=O) groups is 2. The van der Waals surface area contributed by atoms with E-state index in [-0.39, 0.29) is 13.2 Å². The van der Waals surface area contributed by atoms with Crippen molar-refractivity contribution in [1.29, 1.82) is 0 Å². The van der Waals surface area contributed by atoms with Crippen molar-refractivity contribution < 1.29 is 23.8 Å². The van der Waals surface area contributed by atoms with E-state index in [2.05, 4.69) is 15.8 Å². The van der Waals surface area contributed by atoms with Crippen LogP contribution in [0.25, 0.3) is 0 Å². The number of fused-ring (bicyclic) bond motifs is 1. The number of hydrogen-bond acceptors (Lipinski definition) is 7. The van der Waals surface area contributed by atoms with Gasteiger partial charge >= 0.3 is 12.0 Å². The molecule has 0 spiro atoms. The second-order valence-electron chi connectivity index (χ2n) is 6.57. The van der Waals surface area contributed by atoms with Gasteiger partial charge in [0.2, 0.25) is 6.79 Å². The third-order valence-corrected chi connectivity index (χ3v) is 4.40. The number of hydrazone groups is 1. The molecule has 0 saturated heterocycles. The molecule has 0 aromatic heterocycles. The summed E-state index contributed by atoms with van der Waals surface area (Å²) < 4.78 is 15.8. The smallest absolute Gasteiger partial charge is 0.335 e. The predicted molar refractivity (Wildman–Crippen MR) is 112 cm³/mol. The Hall–Kier alpha value is -3.75. The molecule has 158 valence electrons. The number of amides is 2. The fourth-order valence-electron chi connectivity index (χ4n) is 2.88. The minimum atomic E-state index is -0.431. The lowest BCUT2D eigenvalue weighted by Crippen LogP contribution is -2.33. The summed E-state index contributed by atoms with van der Waals surface area (Å²) in [6.45, 7) is 2.56. The summed E-state index contributed by atoms with van der Waals surface area (Å²) in [5.74, 6) is 0.639. The van der Waals surface area contributed by atoms with Gasteiger partial charge in [0.1, 0.15) is 0 Å². The molecule has 0 saturated carbocycles. The van der Waals surface area contributed by atoms with E-state index in [1.54, 1.807) is 36.4 Å². The van der Waals surface area contributed by atoms with Gasteiger partial charge in [-0.05, 0) is 36.2 Å². The van der Waals surface area contributed by atoms with Crippen LogP contribution < -0.4 is 25.9 Å². The number of methoxy groups -OCH3 is 1. The number of hydrogen-bond donors (Lipinski definition) is 3. The van der Waals surface area contributed by atoms with Crippen molar-refractivity contribution >= 4 is 23.4 Å². The van der Waals surface area contributed by atoms with Crippen LogP contribution >= 0.6 is 0 Å². The minimum absolute atomic E-state index is 0.00149. The molecule has 0 radical (unpaired) electrons. The SMILES string of the molecule is CCCNC(=O)N/N=C(/c1ccc(N)cc1)c1cc2c(cc1CC(=O)OC)OCO2. The van der Waals surface area contributed by atoms with E-state index in [0.29, 0.717) is 46.1 Å². The van der Waals surface area contributed by atoms with E-state index in [9.17, 15) is 9.59 Å². The molecule has 2 aromatic carbocycles. The largest absolute Gasteiger partial charge is 0.469 e. The number of nitrogens with two attached hydrogens (primary N) is 1. The zero-order valence-corrected chi connectivity index (χ0v) is 16.9. The van der Waals surface area contributed by atoms with Gasteiger partial charge in [-0.2, -0.15) is 5.10 Å². The summed E-state index contributed by atoms with van der Waals surface area (Å²) in [4.78, 5) is 24.0. The molecule has 0 bridgehead atoms. The van der Waals surface area contributed by atoms with E-state index >= 15 is 0 Å². The number of anilines is 1. The number of urea groups is 1. The molecule has 3 rings (SSSR count). The third-order valence-electron chi connectivity index (χ3n) is 4.40. The highest BCUT2D eigenvalue weighted by Gasteiger charge is 2.22. The fraction of sp³-hybridized carbons (Fsp3) is 0.286. The maximum atomic E-state index is 12.1. The van der Waals surface area contributed by atoms with Crippen LogP contribution in [-0.2, 0) is 16.0 Å². The van der Waals surface area contributed by atoms with Gasteiger partial charge < -0.3 is 25.3 Å². The second kappa shape index (κ2) is 9.64. The zero-order chi connectivity index (χ0) is 21.5. The summed E-state index contributed by atoms with van der Waals surface area (Å²) in [5.41, 5.74) is 11.3. The topological polar surface area (TPSA) is 124 Å². The van der Waals surface area contributed by atoms with Gasteiger partial charge in [-0.1, -0.05) is 19.1 Å². The molecule has 1 aliphatic heterocycles. The second-order valence-corrected chi connectivity index (χ2v) is 6.57. The Kier molecular flexibility index (Phi) is 6.74. The molecule has 2 amide bonds. The van der Waals surface area contributed by atoms with Crippen molar-refractivity contribution in [3.63, 3.8) is 0 Å². The summed E-state index contributed by atoms with van der Waals surface area (Å²) in [7, 11) is 1.32. The standard InChI is InChI=1S/C21H24N4O5/c1-3-8-23-21(27)25-24-20(13-4-6-15(22)7-5-13)16-11-18-17(29-12-30-18)9-14(16)10-19(26)28-2/h4-7,9,11H,3,8,10,12,22H2,1-2H3,(H2,23,25,27)/b24-20-. The molecule has 2 aromatic rings. The molecule has 30 heavy (non-hydrogen) atoms. The van der Waals surface area contributed by atoms with Gasteiger partial charge in [-0.3, -0.25) is 4.79 Å². The monoisotopic (exact) mass is 412 g/mol. The molecule has 0 unspecified atom stereocenters. The average Bonchev–Trinajstić information content (AvgIpc) is 3.20. The number of nitrogen functional groups attached to an aromatic ring is 1. The van der Waals surface area contributed by atoms with E-state index in [1.807, 2.05) is 6.92 Å². The van der Waals surface area contributed by atoms with Crippen LogP contribution in [0.2, 0.25) is 0 Å². The molecule has 9 nitrogen and oxygen atoms in total. The molecule has 0 aliphatic carbocycles. The minimum Gasteiger partial charge on any atom is -0.469 e. The van der Waals surface area contributed by atoms with Crippen LogP contribution in [0.1, 0.15) is 30.0 Å². The van der Waals surface area contributed by atoms with Gasteiger partial charge in [0.15, 0.2) is 11.5 Å². The fourth-order valence-corrected chi connectivity index (χ4v) is 2.88. The van der Waals surface area contributed by atoms with Crippen molar-refractivity contribution in [2.24, 2.45) is 5.10 Å². The van der Waals surface area contributed by atoms with Crippen molar-refractivity contribution in [2.75, 3.05) is 26.2 Å². The first-order chi connectivity index (χ1) is 14.5. The van der Waals surface area contributed by atoms with E-state index in [4.69, 9.17) is 19.9 Å². The number of nitrogens with zero attached hydrogens (tertiary/aromatic N) is 1. The average molecular weight is 412 g/mol. The van der Waals surface area contributed by atoms with Gasteiger partial charge in [-0.25, -0.2) is 10.2 Å². The number of benzene rings is 2. The Labute approximate surface area is 174 Å². The first-order valence-electron chi connectivity index (χ1n) is 9.49. The summed E-state index contributed by atoms with van der Waals surface area (Å²) >= 11 is 0. The highest BCUT2D eigenvalue weighted by atomic mass is 16.7. The van der Waals surface area contributed by atoms with Crippen LogP contribution in [-0.4, -0.2) is 38.2 Å². The maximum Gasteiger partial charge on any atom is 0.335 e. The van der Waals surface area contributed by atoms with Crippen LogP contribution in [0.4, 0.5) is 10.5 Å². The van der Waals surface area contributed by atoms with Gasteiger partial charge in [0, 0.05) is 23.4 Å². The molecular formula is C21H24N4O5. The zero-order valence-electron chi connectivity index (χ0n) is 16.9. The Balaban J connectivity index is 2.06. The highest BCUT2D eigenvalue weighted by molar-refractivity contribution is 6.14. The van der Waals surface area contributed by atoms with E-state index in [1.165, 1.54) is 7.11 Å². The summed E-state index contributed by atoms with van der Waals surface area (Å²) in [6.07, 6.45) is 0.798. The Morgan fingerprint density at radius 3 is 2.53 bits per heavy atom. The molecular weight excluding hydrogens is 388 g/mol. The van der Waals surface area contributed by atoms with Crippen molar-refractivity contribution in [1.82, 2.24) is 10.7 Å². The van der Waals surface area contributed by atoms with Crippen molar-refractivity contribution in [2.45, 2.75) is 19.8 Å². The van der Waals surface area contributed by atoms with Crippen LogP contribution in [0.15, 0.2) is 41.5 Å². The van der Waals surface area contributed by atoms with E-state index in [0.717, 1.165) is 6.42 Å². The van der Waals surface area contributed by atoms with Gasteiger partial charge in [0.05, 0.1) is 19.2 Å². The number of ether oxygens (including phenoxy) is 3. The predicted octanol–water partition coefficient (Wildman–Crippen LogP) is 2.17. The van der Waals surface area contributed by atoms with Crippen molar-refractivity contribution in [3.8, 4) is 11.5 Å². The van der Waals surface area contributed by atoms with Crippen LogP contribution in [0.5, 0.6) is 11.5 Å². The normalized spacial score (nSPS) is 12.4. The number of nitrogens with one attached hydrogen (secondary N) is 2. The number of rotatable bonds is 7. The number of carbonyl (C=O) groups excluding carboxylic acids is 2. The summed E-state index contributed by atoms with van der Waals surface area (Å²) in [6, 6.07) is 10.1. The summed E-state index contributed by atoms with van der Waals surface area (Å²) in [5, 5.41) is 7.03. The quantitative estimate of drug-likeness (QED) is 0.277. The molecule has 9 heteroatoms. The molecule has 0 fully saturated rings. The first-order valence-corrected chi connectivity index (χ1v) is 9.49. The number of esters is 1. The lowest BCUT2D eigenvalue weighted by molar-refractivity contribution is -0.139. The van der Waals surface area contributed by atoms with Crippen LogP contribution in [0.3, 0.4) is 0 Å². The molecule has 0 atom stereocenters.